The van der Waals surface area contributed by atoms with Gasteiger partial charge in [-0.15, -0.1) is 0 Å². The number of carbonyl (C=O) groups is 3. The van der Waals surface area contributed by atoms with Gasteiger partial charge in [0.25, 0.3) is 0 Å². The van der Waals surface area contributed by atoms with Crippen LogP contribution >= 0.6 is 34.8 Å². The first-order chi connectivity index (χ1) is 23.6. The van der Waals surface area contributed by atoms with E-state index in [-0.39, 0.29) is 25.4 Å². The number of carbonyl (C=O) groups excluding carboxylic acids is 3. The number of ether oxygens (including phenoxy) is 5. The van der Waals surface area contributed by atoms with Crippen molar-refractivity contribution in [1.29, 1.82) is 0 Å². The fraction of sp³-hybridized carbons (Fsp3) is 0.914. The Morgan fingerprint density at radius 2 is 1.46 bits per heavy atom. The summed E-state index contributed by atoms with van der Waals surface area (Å²) in [6.07, 6.45) is 7.16. The molecule has 1 aliphatic heterocycles. The van der Waals surface area contributed by atoms with Crippen LogP contribution in [0.4, 0.5) is 4.79 Å². The molecule has 0 aromatic heterocycles. The van der Waals surface area contributed by atoms with Crippen LogP contribution in [0.3, 0.4) is 0 Å². The van der Waals surface area contributed by atoms with E-state index in [1.165, 1.54) is 32.1 Å². The number of rotatable bonds is 26. The summed E-state index contributed by atoms with van der Waals surface area (Å²) >= 11 is 17.2. The molecule has 0 aliphatic carbocycles. The molecule has 0 unspecified atom stereocenters. The second kappa shape index (κ2) is 26.0. The first-order valence-corrected chi connectivity index (χ1v) is 23.4. The number of amides is 1. The fourth-order valence-corrected chi connectivity index (χ4v) is 6.42. The molecule has 0 aromatic rings. The Morgan fingerprint density at radius 3 is 2.02 bits per heavy atom. The highest BCUT2D eigenvalue weighted by atomic mass is 35.6. The van der Waals surface area contributed by atoms with Crippen molar-refractivity contribution >= 4 is 60.9 Å². The van der Waals surface area contributed by atoms with E-state index in [4.69, 9.17) is 58.5 Å². The number of aliphatic hydroxyl groups excluding tert-OH is 2. The van der Waals surface area contributed by atoms with Gasteiger partial charge in [0.05, 0.1) is 13.0 Å². The molecule has 1 saturated heterocycles. The first-order valence-electron chi connectivity index (χ1n) is 18.5. The molecule has 50 heavy (non-hydrogen) atoms. The third kappa shape index (κ3) is 22.3. The van der Waals surface area contributed by atoms with E-state index >= 15 is 0 Å². The lowest BCUT2D eigenvalue weighted by molar-refractivity contribution is -0.272. The van der Waals surface area contributed by atoms with Gasteiger partial charge in [-0.3, -0.25) is 9.59 Å². The molecule has 15 heteroatoms. The number of aliphatic hydroxyl groups is 2. The maximum Gasteiger partial charge on any atom is 0.407 e. The van der Waals surface area contributed by atoms with E-state index < -0.39 is 73.9 Å². The zero-order valence-corrected chi connectivity index (χ0v) is 34.2. The molecule has 3 N–H and O–H groups in total. The van der Waals surface area contributed by atoms with Gasteiger partial charge in [-0.2, -0.15) is 0 Å². The second-order valence-electron chi connectivity index (χ2n) is 14.5. The lowest BCUT2D eigenvalue weighted by Crippen LogP contribution is -2.66. The van der Waals surface area contributed by atoms with Gasteiger partial charge >= 0.3 is 18.0 Å². The van der Waals surface area contributed by atoms with Gasteiger partial charge in [0.1, 0.15) is 31.0 Å². The highest BCUT2D eigenvalue weighted by Crippen LogP contribution is 2.28. The SMILES string of the molecule is CCCCCCCCCCC[C@H](CC(=O)O[C@H]1[C@H](O)[C@@H](CO)O[C@@H](OCC[Si](C)(C)C)[C@@H]1NC(=O)OCC(Cl)(Cl)Cl)OC(=O)CCCCCC. The number of halogens is 3. The molecular formula is C35H64Cl3NO10Si. The van der Waals surface area contributed by atoms with E-state index in [2.05, 4.69) is 38.8 Å². The molecule has 0 bridgehead atoms. The van der Waals surface area contributed by atoms with Crippen LogP contribution in [0.15, 0.2) is 0 Å². The maximum absolute atomic E-state index is 13.5. The van der Waals surface area contributed by atoms with Gasteiger partial charge in [0.15, 0.2) is 12.4 Å². The highest BCUT2D eigenvalue weighted by Gasteiger charge is 2.49. The van der Waals surface area contributed by atoms with Crippen molar-refractivity contribution in [3.05, 3.63) is 0 Å². The number of nitrogens with one attached hydrogen (secondary N) is 1. The molecule has 294 valence electrons. The molecule has 1 rings (SSSR count). The van der Waals surface area contributed by atoms with Crippen molar-refractivity contribution in [2.75, 3.05) is 19.8 Å². The number of alkyl halides is 3. The van der Waals surface area contributed by atoms with Gasteiger partial charge in [-0.1, -0.05) is 139 Å². The van der Waals surface area contributed by atoms with Gasteiger partial charge in [0.2, 0.25) is 3.79 Å². The normalized spacial score (nSPS) is 21.8. The van der Waals surface area contributed by atoms with Crippen molar-refractivity contribution in [2.45, 2.75) is 183 Å². The highest BCUT2D eigenvalue weighted by molar-refractivity contribution is 6.76. The molecule has 0 spiro atoms. The predicted molar refractivity (Wildman–Crippen MR) is 199 cm³/mol. The molecule has 1 amide bonds. The molecule has 1 fully saturated rings. The summed E-state index contributed by atoms with van der Waals surface area (Å²) in [4.78, 5) is 39.0. The topological polar surface area (TPSA) is 150 Å². The van der Waals surface area contributed by atoms with E-state index in [0.717, 1.165) is 51.0 Å². The minimum absolute atomic E-state index is 0.253. The van der Waals surface area contributed by atoms with Crippen LogP contribution in [-0.4, -0.2) is 96.7 Å². The Labute approximate surface area is 316 Å². The van der Waals surface area contributed by atoms with Gasteiger partial charge in [0, 0.05) is 21.1 Å². The zero-order valence-electron chi connectivity index (χ0n) is 30.9. The molecule has 0 radical (unpaired) electrons. The molecule has 11 nitrogen and oxygen atoms in total. The summed E-state index contributed by atoms with van der Waals surface area (Å²) in [5.74, 6) is -1.12. The largest absolute Gasteiger partial charge is 0.462 e. The summed E-state index contributed by atoms with van der Waals surface area (Å²) in [5.41, 5.74) is 0. The van der Waals surface area contributed by atoms with Crippen molar-refractivity contribution in [3.63, 3.8) is 0 Å². The predicted octanol–water partition coefficient (Wildman–Crippen LogP) is 7.99. The number of esters is 2. The minimum Gasteiger partial charge on any atom is -0.462 e. The third-order valence-corrected chi connectivity index (χ3v) is 10.5. The number of unbranched alkanes of at least 4 members (excludes halogenated alkanes) is 11. The summed E-state index contributed by atoms with van der Waals surface area (Å²) in [5, 5.41) is 23.7. The van der Waals surface area contributed by atoms with Crippen LogP contribution in [0, 0.1) is 0 Å². The fourth-order valence-electron chi connectivity index (χ4n) is 5.52. The summed E-state index contributed by atoms with van der Waals surface area (Å²) in [6, 6.07) is -0.503. The molecule has 0 saturated carbocycles. The van der Waals surface area contributed by atoms with E-state index in [0.29, 0.717) is 12.8 Å². The summed E-state index contributed by atoms with van der Waals surface area (Å²) in [6.45, 7) is 9.86. The van der Waals surface area contributed by atoms with Gasteiger partial charge in [-0.25, -0.2) is 4.79 Å². The Hall–Kier alpha value is -0.863. The molecular weight excluding hydrogens is 729 g/mol. The van der Waals surface area contributed by atoms with Crippen molar-refractivity contribution in [3.8, 4) is 0 Å². The van der Waals surface area contributed by atoms with Crippen LogP contribution in [0.2, 0.25) is 25.7 Å². The maximum atomic E-state index is 13.5. The summed E-state index contributed by atoms with van der Waals surface area (Å²) in [7, 11) is -1.54. The zero-order chi connectivity index (χ0) is 37.6. The van der Waals surface area contributed by atoms with Gasteiger partial charge in [-0.05, 0) is 25.3 Å². The number of hydrogen-bond acceptors (Lipinski definition) is 10. The average molecular weight is 793 g/mol. The Bertz CT molecular complexity index is 953. The standard InChI is InChI=1S/C35H64Cl3NO10Si/c1-6-8-10-12-13-14-15-16-17-19-26(47-28(41)20-18-11-9-7-2)23-29(42)49-32-30(39-34(44)46-25-35(36,37)38)33(45-21-22-50(3,4)5)48-27(24-40)31(32)43/h26-27,30-33,40,43H,6-25H2,1-5H3,(H,39,44)/t26-,27-,30-,31-,32-,33-/m1/s1. The number of hydrogen-bond donors (Lipinski definition) is 3. The van der Waals surface area contributed by atoms with Crippen LogP contribution in [-0.2, 0) is 33.3 Å². The van der Waals surface area contributed by atoms with Crippen LogP contribution in [0.25, 0.3) is 0 Å². The second-order valence-corrected chi connectivity index (χ2v) is 22.6. The smallest absolute Gasteiger partial charge is 0.407 e. The van der Waals surface area contributed by atoms with Crippen LogP contribution in [0.5, 0.6) is 0 Å². The van der Waals surface area contributed by atoms with Gasteiger partial charge < -0.3 is 39.2 Å². The van der Waals surface area contributed by atoms with Crippen LogP contribution in [0.1, 0.15) is 117 Å². The third-order valence-electron chi connectivity index (χ3n) is 8.46. The van der Waals surface area contributed by atoms with E-state index in [1.54, 1.807) is 0 Å². The number of alkyl carbamates (subject to hydrolysis) is 1. The first kappa shape index (κ1) is 47.2. The minimum atomic E-state index is -1.88. The quantitative estimate of drug-likeness (QED) is 0.0259. The lowest BCUT2D eigenvalue weighted by Gasteiger charge is -2.43. The molecule has 0 aromatic carbocycles. The Kier molecular flexibility index (Phi) is 24.5. The van der Waals surface area contributed by atoms with E-state index in [9.17, 15) is 24.6 Å². The van der Waals surface area contributed by atoms with Crippen molar-refractivity contribution in [2.24, 2.45) is 0 Å². The molecule has 1 heterocycles. The van der Waals surface area contributed by atoms with Crippen LogP contribution < -0.4 is 5.32 Å². The molecule has 6 atom stereocenters. The Morgan fingerprint density at radius 1 is 0.880 bits per heavy atom. The average Bonchev–Trinajstić information content (AvgIpc) is 3.03. The van der Waals surface area contributed by atoms with E-state index in [1.807, 2.05) is 0 Å². The summed E-state index contributed by atoms with van der Waals surface area (Å²) < 4.78 is 26.5. The monoisotopic (exact) mass is 791 g/mol. The Balaban J connectivity index is 3.06. The lowest BCUT2D eigenvalue weighted by atomic mass is 9.96. The van der Waals surface area contributed by atoms with Crippen molar-refractivity contribution in [1.82, 2.24) is 5.32 Å². The molecule has 1 aliphatic rings. The van der Waals surface area contributed by atoms with Crippen molar-refractivity contribution < 1.29 is 48.3 Å².